The summed E-state index contributed by atoms with van der Waals surface area (Å²) in [5.41, 5.74) is 7.23. The van der Waals surface area contributed by atoms with Crippen molar-refractivity contribution in [2.45, 2.75) is 12.8 Å². The molecule has 0 aromatic rings. The molecule has 0 heterocycles. The highest BCUT2D eigenvalue weighted by molar-refractivity contribution is 7.89. The van der Waals surface area contributed by atoms with Gasteiger partial charge in [-0.15, -0.1) is 4.83 Å². The van der Waals surface area contributed by atoms with Crippen molar-refractivity contribution in [3.05, 3.63) is 0 Å². The minimum atomic E-state index is -3.24. The zero-order valence-electron chi connectivity index (χ0n) is 6.41. The predicted molar refractivity (Wildman–Crippen MR) is 49.6 cm³/mol. The Hall–Kier alpha value is -0.400. The van der Waals surface area contributed by atoms with Crippen molar-refractivity contribution < 1.29 is 8.42 Å². The summed E-state index contributed by atoms with van der Waals surface area (Å²) in [6, 6.07) is 0. The van der Waals surface area contributed by atoms with Crippen LogP contribution in [-0.2, 0) is 10.0 Å². The molecular weight excluding hydrogens is 198 g/mol. The Balaban J connectivity index is 2.31. The Morgan fingerprint density at radius 2 is 2.17 bits per heavy atom. The van der Waals surface area contributed by atoms with E-state index in [-0.39, 0.29) is 10.9 Å². The van der Waals surface area contributed by atoms with E-state index < -0.39 is 10.0 Å². The summed E-state index contributed by atoms with van der Waals surface area (Å²) < 4.78 is 22.2. The number of nitrogens with two attached hydrogens (primary N) is 1. The van der Waals surface area contributed by atoms with Crippen molar-refractivity contribution in [3.8, 4) is 0 Å². The summed E-state index contributed by atoms with van der Waals surface area (Å²) in [5, 5.41) is -0.0747. The standard InChI is InChI=1S/C5H11N3O2S2/c6-5(11)7-8-12(9,10)3-4-1-2-4/h4,8H,1-3H2,(H3,6,7,11). The molecule has 70 valence electrons. The lowest BCUT2D eigenvalue weighted by Crippen LogP contribution is -2.45. The number of hydrazine groups is 1. The van der Waals surface area contributed by atoms with Gasteiger partial charge in [0, 0.05) is 0 Å². The van der Waals surface area contributed by atoms with Crippen molar-refractivity contribution in [2.24, 2.45) is 11.7 Å². The summed E-state index contributed by atoms with van der Waals surface area (Å²) in [6.45, 7) is 0. The second-order valence-corrected chi connectivity index (χ2v) is 5.02. The summed E-state index contributed by atoms with van der Waals surface area (Å²) in [4.78, 5) is 2.09. The van der Waals surface area contributed by atoms with Crippen LogP contribution in [0.25, 0.3) is 0 Å². The number of rotatable bonds is 4. The van der Waals surface area contributed by atoms with Crippen LogP contribution in [0.5, 0.6) is 0 Å². The summed E-state index contributed by atoms with van der Waals surface area (Å²) in [5.74, 6) is 0.471. The summed E-state index contributed by atoms with van der Waals surface area (Å²) >= 11 is 4.43. The van der Waals surface area contributed by atoms with Gasteiger partial charge in [0.25, 0.3) is 0 Å². The smallest absolute Gasteiger partial charge is 0.228 e. The maximum atomic E-state index is 11.1. The highest BCUT2D eigenvalue weighted by Crippen LogP contribution is 2.29. The molecule has 0 radical (unpaired) electrons. The minimum absolute atomic E-state index is 0.0747. The van der Waals surface area contributed by atoms with Gasteiger partial charge in [-0.2, -0.15) is 0 Å². The van der Waals surface area contributed by atoms with Crippen LogP contribution < -0.4 is 16.0 Å². The molecule has 7 heteroatoms. The largest absolute Gasteiger partial charge is 0.375 e. The maximum Gasteiger partial charge on any atom is 0.228 e. The lowest BCUT2D eigenvalue weighted by atomic mass is 10.5. The SMILES string of the molecule is NC(=S)NNS(=O)(=O)CC1CC1. The van der Waals surface area contributed by atoms with Gasteiger partial charge < -0.3 is 5.73 Å². The summed E-state index contributed by atoms with van der Waals surface area (Å²) in [7, 11) is -3.24. The average Bonchev–Trinajstić information content (AvgIpc) is 2.67. The number of nitrogens with one attached hydrogen (secondary N) is 2. The molecule has 1 aliphatic carbocycles. The average molecular weight is 209 g/mol. The Bertz CT molecular complexity index is 270. The van der Waals surface area contributed by atoms with Crippen molar-refractivity contribution in [1.29, 1.82) is 0 Å². The van der Waals surface area contributed by atoms with E-state index >= 15 is 0 Å². The van der Waals surface area contributed by atoms with Gasteiger partial charge in [-0.25, -0.2) is 8.42 Å². The predicted octanol–water partition coefficient (Wildman–Crippen LogP) is -0.936. The van der Waals surface area contributed by atoms with Crippen LogP contribution in [0, 0.1) is 5.92 Å². The van der Waals surface area contributed by atoms with E-state index in [2.05, 4.69) is 22.5 Å². The fraction of sp³-hybridized carbons (Fsp3) is 0.800. The normalized spacial score (nSPS) is 17.3. The van der Waals surface area contributed by atoms with E-state index in [9.17, 15) is 8.42 Å². The summed E-state index contributed by atoms with van der Waals surface area (Å²) in [6.07, 6.45) is 1.99. The molecule has 0 unspecified atom stereocenters. The van der Waals surface area contributed by atoms with Gasteiger partial charge in [-0.1, -0.05) is 0 Å². The highest BCUT2D eigenvalue weighted by Gasteiger charge is 2.27. The first kappa shape index (κ1) is 9.69. The van der Waals surface area contributed by atoms with E-state index in [0.717, 1.165) is 12.8 Å². The maximum absolute atomic E-state index is 11.1. The van der Waals surface area contributed by atoms with Crippen LogP contribution >= 0.6 is 12.2 Å². The van der Waals surface area contributed by atoms with Crippen molar-refractivity contribution >= 4 is 27.4 Å². The molecule has 0 aromatic heterocycles. The molecule has 1 saturated carbocycles. The highest BCUT2D eigenvalue weighted by atomic mass is 32.2. The first-order valence-corrected chi connectivity index (χ1v) is 5.60. The number of thiocarbonyl (C=S) groups is 1. The molecule has 0 saturated heterocycles. The van der Waals surface area contributed by atoms with Gasteiger partial charge in [-0.05, 0) is 31.0 Å². The van der Waals surface area contributed by atoms with Crippen LogP contribution in [0.2, 0.25) is 0 Å². The number of hydrogen-bond donors (Lipinski definition) is 3. The second-order valence-electron chi connectivity index (χ2n) is 2.82. The zero-order chi connectivity index (χ0) is 9.19. The molecule has 4 N–H and O–H groups in total. The van der Waals surface area contributed by atoms with Crippen LogP contribution in [0.4, 0.5) is 0 Å². The third-order valence-electron chi connectivity index (χ3n) is 1.48. The first-order valence-electron chi connectivity index (χ1n) is 3.54. The lowest BCUT2D eigenvalue weighted by Gasteiger charge is -2.05. The number of hydrogen-bond acceptors (Lipinski definition) is 3. The molecule has 5 nitrogen and oxygen atoms in total. The molecule has 0 spiro atoms. The van der Waals surface area contributed by atoms with Gasteiger partial charge in [-0.3, -0.25) is 5.43 Å². The molecular formula is C5H11N3O2S2. The molecule has 0 atom stereocenters. The fourth-order valence-electron chi connectivity index (χ4n) is 0.765. The van der Waals surface area contributed by atoms with Gasteiger partial charge in [0.15, 0.2) is 5.11 Å². The molecule has 1 rings (SSSR count). The van der Waals surface area contributed by atoms with Crippen LogP contribution in [0.3, 0.4) is 0 Å². The Kier molecular flexibility index (Phi) is 2.86. The van der Waals surface area contributed by atoms with Crippen molar-refractivity contribution in [3.63, 3.8) is 0 Å². The zero-order valence-corrected chi connectivity index (χ0v) is 8.04. The van der Waals surface area contributed by atoms with E-state index in [1.165, 1.54) is 0 Å². The molecule has 0 amide bonds. The van der Waals surface area contributed by atoms with Gasteiger partial charge in [0.1, 0.15) is 0 Å². The monoisotopic (exact) mass is 209 g/mol. The lowest BCUT2D eigenvalue weighted by molar-refractivity contribution is 0.573. The minimum Gasteiger partial charge on any atom is -0.375 e. The number of sulfonamides is 1. The van der Waals surface area contributed by atoms with E-state index in [4.69, 9.17) is 5.73 Å². The van der Waals surface area contributed by atoms with E-state index in [1.807, 2.05) is 0 Å². The molecule has 0 aromatic carbocycles. The Morgan fingerprint density at radius 3 is 2.58 bits per heavy atom. The first-order chi connectivity index (χ1) is 5.49. The molecule has 0 aliphatic heterocycles. The Morgan fingerprint density at radius 1 is 1.58 bits per heavy atom. The van der Waals surface area contributed by atoms with Gasteiger partial charge in [0.2, 0.25) is 10.0 Å². The third-order valence-corrected chi connectivity index (χ3v) is 2.91. The van der Waals surface area contributed by atoms with Gasteiger partial charge in [0.05, 0.1) is 5.75 Å². The Labute approximate surface area is 76.7 Å². The van der Waals surface area contributed by atoms with Crippen molar-refractivity contribution in [2.75, 3.05) is 5.75 Å². The fourth-order valence-corrected chi connectivity index (χ4v) is 2.18. The van der Waals surface area contributed by atoms with Crippen LogP contribution in [0.15, 0.2) is 0 Å². The van der Waals surface area contributed by atoms with Crippen molar-refractivity contribution in [1.82, 2.24) is 10.3 Å². The van der Waals surface area contributed by atoms with E-state index in [1.54, 1.807) is 0 Å². The molecule has 1 fully saturated rings. The third kappa shape index (κ3) is 3.84. The second kappa shape index (κ2) is 3.55. The van der Waals surface area contributed by atoms with Crippen LogP contribution in [-0.4, -0.2) is 19.3 Å². The van der Waals surface area contributed by atoms with Crippen LogP contribution in [0.1, 0.15) is 12.8 Å². The quantitative estimate of drug-likeness (QED) is 0.411. The molecule has 1 aliphatic rings. The molecule has 0 bridgehead atoms. The van der Waals surface area contributed by atoms with E-state index in [0.29, 0.717) is 5.92 Å². The molecule has 12 heavy (non-hydrogen) atoms. The van der Waals surface area contributed by atoms with Gasteiger partial charge >= 0.3 is 0 Å². The topological polar surface area (TPSA) is 84.2 Å².